The molecule has 44 valence electrons. The molecule has 1 unspecified atom stereocenters. The van der Waals surface area contributed by atoms with Crippen LogP contribution in [0.5, 0.6) is 0 Å². The molecule has 0 radical (unpaired) electrons. The quantitative estimate of drug-likeness (QED) is 0.579. The molecule has 0 saturated heterocycles. The molecular weight excluding hydrogens is 131 g/mol. The molecule has 0 fully saturated rings. The molecule has 1 atom stereocenters. The standard InChI is InChI=1S/C3H9O2PS/c1-3-6(4,7)5-2/h3H2,1-2H3,(H,4,7). The molecule has 0 saturated carbocycles. The summed E-state index contributed by atoms with van der Waals surface area (Å²) in [7, 11) is 1.43. The number of rotatable bonds is 2. The van der Waals surface area contributed by atoms with Crippen molar-refractivity contribution in [2.24, 2.45) is 0 Å². The molecule has 0 spiro atoms. The lowest BCUT2D eigenvalue weighted by atomic mass is 11.0. The van der Waals surface area contributed by atoms with Crippen LogP contribution >= 0.6 is 6.49 Å². The summed E-state index contributed by atoms with van der Waals surface area (Å²) in [6, 6.07) is 0. The van der Waals surface area contributed by atoms with Crippen molar-refractivity contribution in [2.45, 2.75) is 6.92 Å². The minimum absolute atomic E-state index is 0.554. The summed E-state index contributed by atoms with van der Waals surface area (Å²) >= 11 is 4.59. The van der Waals surface area contributed by atoms with Crippen LogP contribution in [0.25, 0.3) is 0 Å². The van der Waals surface area contributed by atoms with E-state index in [-0.39, 0.29) is 0 Å². The van der Waals surface area contributed by atoms with Crippen molar-refractivity contribution in [1.82, 2.24) is 0 Å². The molecule has 0 aliphatic carbocycles. The average Bonchev–Trinajstić information content (AvgIpc) is 1.68. The largest absolute Gasteiger partial charge is 0.345 e. The van der Waals surface area contributed by atoms with Gasteiger partial charge in [-0.3, -0.25) is 0 Å². The van der Waals surface area contributed by atoms with Crippen LogP contribution in [-0.4, -0.2) is 18.2 Å². The normalized spacial score (nSPS) is 18.7. The van der Waals surface area contributed by atoms with E-state index < -0.39 is 6.49 Å². The van der Waals surface area contributed by atoms with E-state index in [1.807, 2.05) is 6.92 Å². The monoisotopic (exact) mass is 140 g/mol. The van der Waals surface area contributed by atoms with Crippen molar-refractivity contribution in [3.8, 4) is 0 Å². The topological polar surface area (TPSA) is 29.5 Å². The van der Waals surface area contributed by atoms with Crippen LogP contribution < -0.4 is 0 Å². The molecule has 2 nitrogen and oxygen atoms in total. The van der Waals surface area contributed by atoms with Gasteiger partial charge in [0, 0.05) is 13.3 Å². The maximum absolute atomic E-state index is 8.84. The van der Waals surface area contributed by atoms with E-state index in [2.05, 4.69) is 16.3 Å². The molecule has 4 heteroatoms. The zero-order valence-corrected chi connectivity index (χ0v) is 6.13. The summed E-state index contributed by atoms with van der Waals surface area (Å²) < 4.78 is 4.57. The maximum Gasteiger partial charge on any atom is 0.185 e. The van der Waals surface area contributed by atoms with Crippen molar-refractivity contribution >= 4 is 18.3 Å². The van der Waals surface area contributed by atoms with E-state index in [1.165, 1.54) is 7.11 Å². The van der Waals surface area contributed by atoms with Crippen LogP contribution in [0.3, 0.4) is 0 Å². The Morgan fingerprint density at radius 2 is 2.29 bits per heavy atom. The predicted octanol–water partition coefficient (Wildman–Crippen LogP) is 0.954. The third-order valence-electron chi connectivity index (χ3n) is 0.685. The van der Waals surface area contributed by atoms with Crippen molar-refractivity contribution in [1.29, 1.82) is 0 Å². The Bertz CT molecular complexity index is 84.9. The summed E-state index contributed by atoms with van der Waals surface area (Å²) in [5.41, 5.74) is 0. The van der Waals surface area contributed by atoms with Gasteiger partial charge in [-0.05, 0) is 11.8 Å². The maximum atomic E-state index is 8.84. The van der Waals surface area contributed by atoms with Gasteiger partial charge in [0.1, 0.15) is 0 Å². The molecule has 0 aromatic carbocycles. The lowest BCUT2D eigenvalue weighted by Crippen LogP contribution is -1.83. The first-order valence-electron chi connectivity index (χ1n) is 2.00. The van der Waals surface area contributed by atoms with Gasteiger partial charge in [0.15, 0.2) is 6.49 Å². The number of hydrogen-bond donors (Lipinski definition) is 1. The van der Waals surface area contributed by atoms with Gasteiger partial charge in [-0.2, -0.15) is 0 Å². The molecule has 0 aliphatic rings. The summed E-state index contributed by atoms with van der Waals surface area (Å²) in [5, 5.41) is 0. The van der Waals surface area contributed by atoms with E-state index in [0.29, 0.717) is 6.16 Å². The SMILES string of the molecule is CCP(O)(=S)OC. The van der Waals surface area contributed by atoms with E-state index in [9.17, 15) is 0 Å². The van der Waals surface area contributed by atoms with E-state index >= 15 is 0 Å². The zero-order chi connectivity index (χ0) is 5.91. The van der Waals surface area contributed by atoms with Gasteiger partial charge in [-0.1, -0.05) is 6.92 Å². The highest BCUT2D eigenvalue weighted by molar-refractivity contribution is 8.09. The highest BCUT2D eigenvalue weighted by Gasteiger charge is 2.04. The van der Waals surface area contributed by atoms with Gasteiger partial charge >= 0.3 is 0 Å². The first-order chi connectivity index (χ1) is 3.12. The van der Waals surface area contributed by atoms with Crippen molar-refractivity contribution < 1.29 is 9.42 Å². The molecule has 0 amide bonds. The number of hydrogen-bond acceptors (Lipinski definition) is 2. The Balaban J connectivity index is 3.61. The van der Waals surface area contributed by atoms with Crippen LogP contribution in [0.15, 0.2) is 0 Å². The van der Waals surface area contributed by atoms with Crippen LogP contribution in [-0.2, 0) is 16.3 Å². The van der Waals surface area contributed by atoms with Crippen molar-refractivity contribution in [2.75, 3.05) is 13.3 Å². The average molecular weight is 140 g/mol. The summed E-state index contributed by atoms with van der Waals surface area (Å²) in [5.74, 6) is 0. The van der Waals surface area contributed by atoms with Gasteiger partial charge in [0.05, 0.1) is 0 Å². The van der Waals surface area contributed by atoms with Gasteiger partial charge in [0.25, 0.3) is 0 Å². The molecule has 0 bridgehead atoms. The second-order valence-corrected chi connectivity index (χ2v) is 5.12. The first kappa shape index (κ1) is 7.57. The van der Waals surface area contributed by atoms with Gasteiger partial charge in [0.2, 0.25) is 0 Å². The molecule has 0 aliphatic heterocycles. The van der Waals surface area contributed by atoms with Crippen LogP contribution in [0.2, 0.25) is 0 Å². The van der Waals surface area contributed by atoms with E-state index in [1.54, 1.807) is 0 Å². The molecule has 0 heterocycles. The fourth-order valence-electron chi connectivity index (χ4n) is 0.129. The Hall–Kier alpha value is 0.570. The van der Waals surface area contributed by atoms with Gasteiger partial charge in [-0.15, -0.1) is 0 Å². The summed E-state index contributed by atoms with van der Waals surface area (Å²) in [4.78, 5) is 8.84. The fraction of sp³-hybridized carbons (Fsp3) is 1.00. The fourth-order valence-corrected chi connectivity index (χ4v) is 0.387. The molecule has 0 aromatic rings. The third-order valence-corrected chi connectivity index (χ3v) is 3.28. The second kappa shape index (κ2) is 2.78. The lowest BCUT2D eigenvalue weighted by Gasteiger charge is -2.06. The summed E-state index contributed by atoms with van der Waals surface area (Å²) in [6.07, 6.45) is 0.554. The Kier molecular flexibility index (Phi) is 3.00. The minimum Gasteiger partial charge on any atom is -0.345 e. The Morgan fingerprint density at radius 1 is 1.86 bits per heavy atom. The highest BCUT2D eigenvalue weighted by Crippen LogP contribution is 2.39. The smallest absolute Gasteiger partial charge is 0.185 e. The van der Waals surface area contributed by atoms with Gasteiger partial charge < -0.3 is 9.42 Å². The highest BCUT2D eigenvalue weighted by atomic mass is 32.5. The Morgan fingerprint density at radius 3 is 2.29 bits per heavy atom. The Labute approximate surface area is 48.7 Å². The van der Waals surface area contributed by atoms with Gasteiger partial charge in [-0.25, -0.2) is 0 Å². The van der Waals surface area contributed by atoms with E-state index in [4.69, 9.17) is 4.89 Å². The molecule has 0 rings (SSSR count). The third kappa shape index (κ3) is 3.18. The van der Waals surface area contributed by atoms with E-state index in [0.717, 1.165) is 0 Å². The van der Waals surface area contributed by atoms with Crippen LogP contribution in [0.1, 0.15) is 6.92 Å². The molecule has 0 aromatic heterocycles. The lowest BCUT2D eigenvalue weighted by molar-refractivity contribution is 0.388. The zero-order valence-electron chi connectivity index (χ0n) is 4.42. The minimum atomic E-state index is -2.32. The van der Waals surface area contributed by atoms with Crippen molar-refractivity contribution in [3.05, 3.63) is 0 Å². The summed E-state index contributed by atoms with van der Waals surface area (Å²) in [6.45, 7) is -0.511. The predicted molar refractivity (Wildman–Crippen MR) is 34.1 cm³/mol. The molecule has 7 heavy (non-hydrogen) atoms. The molecule has 1 N–H and O–H groups in total. The van der Waals surface area contributed by atoms with Crippen LogP contribution in [0, 0.1) is 0 Å². The van der Waals surface area contributed by atoms with Crippen molar-refractivity contribution in [3.63, 3.8) is 0 Å². The van der Waals surface area contributed by atoms with Crippen LogP contribution in [0.4, 0.5) is 0 Å². The second-order valence-electron chi connectivity index (χ2n) is 1.14. The first-order valence-corrected chi connectivity index (χ1v) is 4.85. The molecular formula is C3H9O2PS.